The lowest BCUT2D eigenvalue weighted by molar-refractivity contribution is 0.603. The molecule has 0 aliphatic carbocycles. The number of fused-ring (bicyclic) bond motifs is 1. The van der Waals surface area contributed by atoms with Gasteiger partial charge in [-0.3, -0.25) is 0 Å². The summed E-state index contributed by atoms with van der Waals surface area (Å²) < 4.78 is 5.28. The third-order valence-electron chi connectivity index (χ3n) is 2.14. The molecular formula is C11H12OS. The maximum atomic E-state index is 5.43. The van der Waals surface area contributed by atoms with Gasteiger partial charge in [-0.2, -0.15) is 12.6 Å². The first-order valence-electron chi connectivity index (χ1n) is 4.28. The molecule has 0 saturated heterocycles. The topological polar surface area (TPSA) is 13.1 Å². The fraction of sp³-hybridized carbons (Fsp3) is 0.273. The minimum atomic E-state index is -0.146. The summed E-state index contributed by atoms with van der Waals surface area (Å²) in [5.74, 6) is 0. The van der Waals surface area contributed by atoms with E-state index in [1.807, 2.05) is 18.2 Å². The van der Waals surface area contributed by atoms with Gasteiger partial charge >= 0.3 is 0 Å². The first kappa shape index (κ1) is 8.70. The molecule has 1 nitrogen and oxygen atoms in total. The molecule has 0 amide bonds. The van der Waals surface area contributed by atoms with E-state index >= 15 is 0 Å². The van der Waals surface area contributed by atoms with Crippen LogP contribution in [0, 0.1) is 0 Å². The Labute approximate surface area is 83.2 Å². The van der Waals surface area contributed by atoms with Gasteiger partial charge in [-0.15, -0.1) is 0 Å². The van der Waals surface area contributed by atoms with Gasteiger partial charge in [0, 0.05) is 15.7 Å². The fourth-order valence-electron chi connectivity index (χ4n) is 1.45. The summed E-state index contributed by atoms with van der Waals surface area (Å²) >= 11 is 4.53. The highest BCUT2D eigenvalue weighted by atomic mass is 32.1. The largest absolute Gasteiger partial charge is 0.464 e. The Morgan fingerprint density at radius 3 is 2.62 bits per heavy atom. The maximum absolute atomic E-state index is 5.43. The quantitative estimate of drug-likeness (QED) is 0.681. The van der Waals surface area contributed by atoms with E-state index in [1.54, 1.807) is 6.26 Å². The molecule has 1 heterocycles. The molecule has 0 fully saturated rings. The number of thiol groups is 1. The van der Waals surface area contributed by atoms with Crippen LogP contribution in [0.5, 0.6) is 0 Å². The average molecular weight is 192 g/mol. The second kappa shape index (κ2) is 2.81. The van der Waals surface area contributed by atoms with E-state index in [4.69, 9.17) is 4.42 Å². The highest BCUT2D eigenvalue weighted by molar-refractivity contribution is 7.81. The van der Waals surface area contributed by atoms with Crippen molar-refractivity contribution in [1.82, 2.24) is 0 Å². The predicted molar refractivity (Wildman–Crippen MR) is 58.2 cm³/mol. The Kier molecular flexibility index (Phi) is 1.88. The third kappa shape index (κ3) is 1.46. The van der Waals surface area contributed by atoms with Crippen molar-refractivity contribution in [3.8, 4) is 0 Å². The minimum Gasteiger partial charge on any atom is -0.464 e. The Hall–Kier alpha value is -0.890. The smallest absolute Gasteiger partial charge is 0.134 e. The van der Waals surface area contributed by atoms with E-state index in [2.05, 4.69) is 32.5 Å². The molecule has 2 aromatic rings. The number of hydrogen-bond acceptors (Lipinski definition) is 2. The Morgan fingerprint density at radius 2 is 1.92 bits per heavy atom. The number of benzene rings is 1. The van der Waals surface area contributed by atoms with E-state index in [0.717, 1.165) is 16.5 Å². The van der Waals surface area contributed by atoms with E-state index < -0.39 is 0 Å². The zero-order valence-electron chi connectivity index (χ0n) is 7.74. The van der Waals surface area contributed by atoms with Gasteiger partial charge in [0.2, 0.25) is 0 Å². The molecule has 1 aromatic heterocycles. The van der Waals surface area contributed by atoms with Crippen LogP contribution >= 0.6 is 12.6 Å². The van der Waals surface area contributed by atoms with E-state index in [-0.39, 0.29) is 4.75 Å². The molecule has 0 radical (unpaired) electrons. The van der Waals surface area contributed by atoms with Crippen LogP contribution < -0.4 is 0 Å². The van der Waals surface area contributed by atoms with Crippen molar-refractivity contribution >= 4 is 23.6 Å². The first-order valence-corrected chi connectivity index (χ1v) is 4.73. The first-order chi connectivity index (χ1) is 6.09. The van der Waals surface area contributed by atoms with Crippen molar-refractivity contribution in [2.24, 2.45) is 0 Å². The van der Waals surface area contributed by atoms with E-state index in [0.29, 0.717) is 0 Å². The third-order valence-corrected chi connectivity index (χ3v) is 2.38. The molecule has 13 heavy (non-hydrogen) atoms. The molecule has 0 aliphatic rings. The van der Waals surface area contributed by atoms with Crippen LogP contribution in [-0.2, 0) is 4.75 Å². The summed E-state index contributed by atoms with van der Waals surface area (Å²) in [5.41, 5.74) is 2.08. The van der Waals surface area contributed by atoms with Gasteiger partial charge in [0.05, 0.1) is 6.26 Å². The lowest BCUT2D eigenvalue weighted by Gasteiger charge is -2.15. The van der Waals surface area contributed by atoms with Crippen LogP contribution in [0.1, 0.15) is 19.4 Å². The number of para-hydroxylation sites is 1. The molecule has 0 saturated carbocycles. The summed E-state index contributed by atoms with van der Waals surface area (Å²) in [4.78, 5) is 0. The fourth-order valence-corrected chi connectivity index (χ4v) is 1.62. The summed E-state index contributed by atoms with van der Waals surface area (Å²) in [6.07, 6.45) is 1.79. The van der Waals surface area contributed by atoms with Crippen LogP contribution in [0.3, 0.4) is 0 Å². The van der Waals surface area contributed by atoms with Crippen molar-refractivity contribution in [2.75, 3.05) is 0 Å². The van der Waals surface area contributed by atoms with Crippen LogP contribution in [0.4, 0.5) is 0 Å². The second-order valence-corrected chi connectivity index (χ2v) is 4.82. The predicted octanol–water partition coefficient (Wildman–Crippen LogP) is 3.60. The molecule has 0 bridgehead atoms. The second-order valence-electron chi connectivity index (χ2n) is 3.70. The Morgan fingerprint density at radius 1 is 1.23 bits per heavy atom. The van der Waals surface area contributed by atoms with Gasteiger partial charge in [-0.1, -0.05) is 18.2 Å². The molecule has 0 unspecified atom stereocenters. The summed E-state index contributed by atoms with van der Waals surface area (Å²) in [6.45, 7) is 4.13. The molecule has 0 atom stereocenters. The molecule has 0 N–H and O–H groups in total. The van der Waals surface area contributed by atoms with Gasteiger partial charge < -0.3 is 4.42 Å². The summed E-state index contributed by atoms with van der Waals surface area (Å²) in [6, 6.07) is 8.02. The molecule has 68 valence electrons. The lowest BCUT2D eigenvalue weighted by atomic mass is 10.0. The van der Waals surface area contributed by atoms with E-state index in [1.165, 1.54) is 0 Å². The lowest BCUT2D eigenvalue weighted by Crippen LogP contribution is -2.05. The zero-order chi connectivity index (χ0) is 9.47. The molecule has 0 spiro atoms. The van der Waals surface area contributed by atoms with Crippen LogP contribution in [-0.4, -0.2) is 0 Å². The van der Waals surface area contributed by atoms with Gasteiger partial charge in [0.25, 0.3) is 0 Å². The normalized spacial score (nSPS) is 12.2. The molecule has 1 aromatic carbocycles. The number of rotatable bonds is 1. The number of furan rings is 1. The summed E-state index contributed by atoms with van der Waals surface area (Å²) in [5, 5.41) is 1.16. The maximum Gasteiger partial charge on any atom is 0.134 e. The van der Waals surface area contributed by atoms with Crippen molar-refractivity contribution in [3.63, 3.8) is 0 Å². The van der Waals surface area contributed by atoms with Crippen LogP contribution in [0.15, 0.2) is 34.9 Å². The van der Waals surface area contributed by atoms with Crippen molar-refractivity contribution < 1.29 is 4.42 Å². The standard InChI is InChI=1S/C11H12OS/c1-11(2,13)9-7-12-10-6-4-3-5-8(9)10/h3-7,13H,1-2H3. The SMILES string of the molecule is CC(C)(S)c1coc2ccccc12. The van der Waals surface area contributed by atoms with Gasteiger partial charge in [0.15, 0.2) is 0 Å². The highest BCUT2D eigenvalue weighted by Crippen LogP contribution is 2.34. The van der Waals surface area contributed by atoms with Crippen LogP contribution in [0.2, 0.25) is 0 Å². The van der Waals surface area contributed by atoms with E-state index in [9.17, 15) is 0 Å². The van der Waals surface area contributed by atoms with Crippen LogP contribution in [0.25, 0.3) is 11.0 Å². The minimum absolute atomic E-state index is 0.146. The average Bonchev–Trinajstić information content (AvgIpc) is 2.45. The Bertz CT molecular complexity index is 423. The summed E-state index contributed by atoms with van der Waals surface area (Å²) in [7, 11) is 0. The van der Waals surface area contributed by atoms with Crippen molar-refractivity contribution in [1.29, 1.82) is 0 Å². The van der Waals surface area contributed by atoms with Gasteiger partial charge in [-0.25, -0.2) is 0 Å². The molecule has 2 heteroatoms. The van der Waals surface area contributed by atoms with Crippen molar-refractivity contribution in [2.45, 2.75) is 18.6 Å². The van der Waals surface area contributed by atoms with Gasteiger partial charge in [0.1, 0.15) is 5.58 Å². The highest BCUT2D eigenvalue weighted by Gasteiger charge is 2.19. The number of hydrogen-bond donors (Lipinski definition) is 1. The van der Waals surface area contributed by atoms with Gasteiger partial charge in [-0.05, 0) is 19.9 Å². The Balaban J connectivity index is 2.72. The zero-order valence-corrected chi connectivity index (χ0v) is 8.64. The molecule has 2 rings (SSSR count). The molecule has 0 aliphatic heterocycles. The monoisotopic (exact) mass is 192 g/mol. The van der Waals surface area contributed by atoms with Crippen molar-refractivity contribution in [3.05, 3.63) is 36.1 Å². The molecular weight excluding hydrogens is 180 g/mol.